The Hall–Kier alpha value is -4.14. The number of hydrogen-bond acceptors (Lipinski definition) is 4. The molecule has 0 spiro atoms. The number of amides is 2. The first-order valence-corrected chi connectivity index (χ1v) is 17.9. The maximum Gasteiger partial charge on any atom is 0.264 e. The van der Waals surface area contributed by atoms with E-state index in [1.165, 1.54) is 9.21 Å². The molecule has 47 heavy (non-hydrogen) atoms. The molecule has 5 rings (SSSR count). The molecule has 0 aliphatic heterocycles. The molecule has 0 radical (unpaired) electrons. The number of rotatable bonds is 12. The third-order valence-corrected chi connectivity index (χ3v) is 10.9. The fourth-order valence-electron chi connectivity index (χ4n) is 6.07. The fourth-order valence-corrected chi connectivity index (χ4v) is 7.74. The molecule has 246 valence electrons. The van der Waals surface area contributed by atoms with Crippen molar-refractivity contribution in [3.8, 4) is 0 Å². The lowest BCUT2D eigenvalue weighted by Crippen LogP contribution is -2.54. The number of anilines is 1. The third kappa shape index (κ3) is 8.42. The van der Waals surface area contributed by atoms with Crippen molar-refractivity contribution >= 4 is 39.1 Å². The van der Waals surface area contributed by atoms with E-state index in [2.05, 4.69) is 5.32 Å². The number of halogens is 1. The average molecular weight is 672 g/mol. The number of carbonyl (C=O) groups excluding carboxylic acids is 2. The summed E-state index contributed by atoms with van der Waals surface area (Å²) in [6.07, 6.45) is 4.11. The van der Waals surface area contributed by atoms with Crippen LogP contribution in [-0.2, 0) is 32.6 Å². The van der Waals surface area contributed by atoms with Crippen LogP contribution in [0.1, 0.15) is 53.5 Å². The zero-order valence-electron chi connectivity index (χ0n) is 27.2. The van der Waals surface area contributed by atoms with Crippen molar-refractivity contribution in [1.29, 1.82) is 0 Å². The first kappa shape index (κ1) is 34.2. The SMILES string of the molecule is Cc1ccc(S(=O)(=O)N(CC(=O)N(Cc2ccccc2Cl)C(Cc2ccccc2)C(=O)NC2CCCC2)c2cc(C)ccc2C)cc1. The molecule has 0 saturated heterocycles. The second-order valence-corrected chi connectivity index (χ2v) is 14.7. The van der Waals surface area contributed by atoms with E-state index in [1.54, 1.807) is 36.4 Å². The summed E-state index contributed by atoms with van der Waals surface area (Å²) in [6.45, 7) is 5.12. The van der Waals surface area contributed by atoms with Crippen LogP contribution in [-0.4, -0.2) is 43.8 Å². The van der Waals surface area contributed by atoms with Gasteiger partial charge in [0, 0.05) is 24.0 Å². The van der Waals surface area contributed by atoms with Crippen LogP contribution in [0.2, 0.25) is 5.02 Å². The van der Waals surface area contributed by atoms with E-state index < -0.39 is 28.5 Å². The quantitative estimate of drug-likeness (QED) is 0.173. The number of nitrogens with zero attached hydrogens (tertiary/aromatic N) is 2. The van der Waals surface area contributed by atoms with E-state index in [1.807, 2.05) is 81.4 Å². The lowest BCUT2D eigenvalue weighted by molar-refractivity contribution is -0.140. The van der Waals surface area contributed by atoms with Crippen molar-refractivity contribution < 1.29 is 18.0 Å². The largest absolute Gasteiger partial charge is 0.352 e. The second kappa shape index (κ2) is 15.2. The first-order valence-electron chi connectivity index (χ1n) is 16.1. The predicted molar refractivity (Wildman–Crippen MR) is 188 cm³/mol. The van der Waals surface area contributed by atoms with Crippen molar-refractivity contribution in [2.45, 2.75) is 76.4 Å². The number of nitrogens with one attached hydrogen (secondary N) is 1. The zero-order chi connectivity index (χ0) is 33.6. The van der Waals surface area contributed by atoms with Gasteiger partial charge in [-0.3, -0.25) is 13.9 Å². The summed E-state index contributed by atoms with van der Waals surface area (Å²) < 4.78 is 29.9. The summed E-state index contributed by atoms with van der Waals surface area (Å²) in [6, 6.07) is 28.0. The summed E-state index contributed by atoms with van der Waals surface area (Å²) in [5, 5.41) is 3.66. The van der Waals surface area contributed by atoms with Crippen LogP contribution < -0.4 is 9.62 Å². The minimum atomic E-state index is -4.18. The van der Waals surface area contributed by atoms with E-state index in [9.17, 15) is 18.0 Å². The van der Waals surface area contributed by atoms with Gasteiger partial charge >= 0.3 is 0 Å². The lowest BCUT2D eigenvalue weighted by atomic mass is 10.0. The van der Waals surface area contributed by atoms with Gasteiger partial charge in [-0.15, -0.1) is 0 Å². The van der Waals surface area contributed by atoms with Crippen molar-refractivity contribution in [3.05, 3.63) is 130 Å². The van der Waals surface area contributed by atoms with Gasteiger partial charge in [0.05, 0.1) is 10.6 Å². The lowest BCUT2D eigenvalue weighted by Gasteiger charge is -2.35. The van der Waals surface area contributed by atoms with Crippen LogP contribution in [0.4, 0.5) is 5.69 Å². The van der Waals surface area contributed by atoms with E-state index >= 15 is 0 Å². The van der Waals surface area contributed by atoms with Gasteiger partial charge in [0.1, 0.15) is 12.6 Å². The molecular formula is C38H42ClN3O4S. The van der Waals surface area contributed by atoms with E-state index in [-0.39, 0.29) is 29.8 Å². The Morgan fingerprint density at radius 1 is 0.851 bits per heavy atom. The minimum absolute atomic E-state index is 0.0271. The molecule has 7 nitrogen and oxygen atoms in total. The summed E-state index contributed by atoms with van der Waals surface area (Å²) in [5.74, 6) is -0.773. The predicted octanol–water partition coefficient (Wildman–Crippen LogP) is 7.16. The Labute approximate surface area is 283 Å². The molecular weight excluding hydrogens is 630 g/mol. The zero-order valence-corrected chi connectivity index (χ0v) is 28.7. The molecule has 1 atom stereocenters. The highest BCUT2D eigenvalue weighted by Gasteiger charge is 2.36. The van der Waals surface area contributed by atoms with Gasteiger partial charge < -0.3 is 10.2 Å². The Morgan fingerprint density at radius 2 is 1.49 bits per heavy atom. The number of hydrogen-bond donors (Lipinski definition) is 1. The van der Waals surface area contributed by atoms with Crippen molar-refractivity contribution in [2.75, 3.05) is 10.8 Å². The Bertz CT molecular complexity index is 1810. The van der Waals surface area contributed by atoms with Crippen LogP contribution in [0.15, 0.2) is 102 Å². The number of carbonyl (C=O) groups is 2. The standard InChI is InChI=1S/C38H42ClN3O4S/c1-27-18-21-33(22-19-27)47(45,46)42(35-23-28(2)17-20-29(35)3)26-37(43)41(25-31-13-7-10-16-34(31)39)36(24-30-11-5-4-6-12-30)38(44)40-32-14-8-9-15-32/h4-7,10-13,16-23,32,36H,8-9,14-15,24-26H2,1-3H3,(H,40,44). The van der Waals surface area contributed by atoms with E-state index in [4.69, 9.17) is 11.6 Å². The Morgan fingerprint density at radius 3 is 2.17 bits per heavy atom. The van der Waals surface area contributed by atoms with Crippen LogP contribution in [0, 0.1) is 20.8 Å². The summed E-state index contributed by atoms with van der Waals surface area (Å²) >= 11 is 6.62. The fraction of sp³-hybridized carbons (Fsp3) is 0.316. The maximum absolute atomic E-state index is 14.7. The highest BCUT2D eigenvalue weighted by molar-refractivity contribution is 7.92. The maximum atomic E-state index is 14.7. The van der Waals surface area contributed by atoms with Gasteiger partial charge in [-0.05, 0) is 80.1 Å². The first-order chi connectivity index (χ1) is 22.5. The molecule has 0 heterocycles. The van der Waals surface area contributed by atoms with Gasteiger partial charge in [-0.2, -0.15) is 0 Å². The van der Waals surface area contributed by atoms with Gasteiger partial charge in [-0.25, -0.2) is 8.42 Å². The average Bonchev–Trinajstić information content (AvgIpc) is 3.57. The molecule has 1 unspecified atom stereocenters. The monoisotopic (exact) mass is 671 g/mol. The van der Waals surface area contributed by atoms with Crippen LogP contribution >= 0.6 is 11.6 Å². The third-order valence-electron chi connectivity index (χ3n) is 8.79. The molecule has 0 bridgehead atoms. The minimum Gasteiger partial charge on any atom is -0.352 e. The Kier molecular flexibility index (Phi) is 11.0. The van der Waals surface area contributed by atoms with Crippen LogP contribution in [0.25, 0.3) is 0 Å². The molecule has 4 aromatic carbocycles. The number of aryl methyl sites for hydroxylation is 3. The molecule has 1 saturated carbocycles. The molecule has 9 heteroatoms. The molecule has 2 amide bonds. The normalized spacial score (nSPS) is 14.0. The summed E-state index contributed by atoms with van der Waals surface area (Å²) in [5.41, 5.74) is 4.43. The smallest absolute Gasteiger partial charge is 0.264 e. The molecule has 1 fully saturated rings. The summed E-state index contributed by atoms with van der Waals surface area (Å²) in [4.78, 5) is 30.5. The highest BCUT2D eigenvalue weighted by Crippen LogP contribution is 2.30. The van der Waals surface area contributed by atoms with Gasteiger partial charge in [0.2, 0.25) is 11.8 Å². The van der Waals surface area contributed by atoms with Crippen molar-refractivity contribution in [1.82, 2.24) is 10.2 Å². The van der Waals surface area contributed by atoms with Gasteiger partial charge in [0.15, 0.2) is 0 Å². The number of benzene rings is 4. The van der Waals surface area contributed by atoms with Crippen molar-refractivity contribution in [3.63, 3.8) is 0 Å². The molecule has 0 aromatic heterocycles. The van der Waals surface area contributed by atoms with E-state index in [0.717, 1.165) is 42.4 Å². The van der Waals surface area contributed by atoms with E-state index in [0.29, 0.717) is 21.8 Å². The van der Waals surface area contributed by atoms with Gasteiger partial charge in [-0.1, -0.05) is 103 Å². The Balaban J connectivity index is 1.60. The highest BCUT2D eigenvalue weighted by atomic mass is 35.5. The van der Waals surface area contributed by atoms with Crippen LogP contribution in [0.3, 0.4) is 0 Å². The molecule has 1 N–H and O–H groups in total. The number of sulfonamides is 1. The molecule has 4 aromatic rings. The molecule has 1 aliphatic rings. The molecule has 1 aliphatic carbocycles. The topological polar surface area (TPSA) is 86.8 Å². The van der Waals surface area contributed by atoms with Crippen molar-refractivity contribution in [2.24, 2.45) is 0 Å². The summed E-state index contributed by atoms with van der Waals surface area (Å²) in [7, 11) is -4.18. The van der Waals surface area contributed by atoms with Crippen LogP contribution in [0.5, 0.6) is 0 Å². The second-order valence-electron chi connectivity index (χ2n) is 12.4. The van der Waals surface area contributed by atoms with Gasteiger partial charge in [0.25, 0.3) is 10.0 Å².